The molecule has 1 aromatic heterocycles. The van der Waals surface area contributed by atoms with Gasteiger partial charge in [0.05, 0.1) is 26.4 Å². The topological polar surface area (TPSA) is 158 Å². The molecule has 1 aliphatic rings. The number of carbonyl (C=O) groups excluding carboxylic acids is 1. The number of para-hydroxylation sites is 1. The number of benzene rings is 1. The Morgan fingerprint density at radius 2 is 1.90 bits per heavy atom. The van der Waals surface area contributed by atoms with E-state index in [0.717, 1.165) is 0 Å². The van der Waals surface area contributed by atoms with Crippen molar-refractivity contribution in [1.82, 2.24) is 20.1 Å². The van der Waals surface area contributed by atoms with E-state index >= 15 is 0 Å². The standard InChI is InChI=1S/C25H34ClN7O6S/c1-14(2)39-22(23(27-5)28-13-15(3)26)16(4)40(35,36)32-25-31-30-24(17-11-12-20(34)29-17)33(25)21-18(37-6)9-8-10-19(21)38-7/h8-10,13-14,16-17,22H,5,11-12H2,1-4,6-7H3,(H,29,34)(H,31,32)/b15-13+,28-23-/t16-,17-,22+/m0/s1. The van der Waals surface area contributed by atoms with Crippen LogP contribution in [-0.4, -0.2) is 73.3 Å². The molecule has 0 radical (unpaired) electrons. The third-order valence-corrected chi connectivity index (χ3v) is 7.77. The predicted molar refractivity (Wildman–Crippen MR) is 153 cm³/mol. The van der Waals surface area contributed by atoms with E-state index in [1.807, 2.05) is 0 Å². The molecule has 2 aromatic rings. The lowest BCUT2D eigenvalue weighted by Gasteiger charge is -2.26. The Balaban J connectivity index is 2.14. The first-order valence-corrected chi connectivity index (χ1v) is 14.4. The number of aromatic nitrogens is 3. The SMILES string of the molecule is C=N/C(=N\C=C(/C)Cl)[C@H](OC(C)C)[C@H](C)S(=O)(=O)Nc1nnc([C@@H]2CCC(=O)N2)n1-c1c(OC)cccc1OC. The molecule has 1 amide bonds. The summed E-state index contributed by atoms with van der Waals surface area (Å²) in [6.45, 7) is 10.1. The van der Waals surface area contributed by atoms with Gasteiger partial charge in [-0.15, -0.1) is 10.2 Å². The van der Waals surface area contributed by atoms with Crippen molar-refractivity contribution in [1.29, 1.82) is 0 Å². The number of nitrogens with zero attached hydrogens (tertiary/aromatic N) is 5. The largest absolute Gasteiger partial charge is 0.494 e. The Kier molecular flexibility index (Phi) is 10.3. The first-order valence-electron chi connectivity index (χ1n) is 12.4. The zero-order valence-electron chi connectivity index (χ0n) is 23.2. The number of halogens is 1. The molecule has 2 heterocycles. The quantitative estimate of drug-likeness (QED) is 0.279. The van der Waals surface area contributed by atoms with Gasteiger partial charge in [0.25, 0.3) is 0 Å². The fourth-order valence-electron chi connectivity index (χ4n) is 4.09. The molecule has 3 rings (SSSR count). The molecule has 2 N–H and O–H groups in total. The Bertz CT molecular complexity index is 1380. The number of allylic oxidation sites excluding steroid dienone is 1. The third kappa shape index (κ3) is 6.98. The number of sulfonamides is 1. The van der Waals surface area contributed by atoms with Gasteiger partial charge in [0, 0.05) is 17.7 Å². The molecule has 13 nitrogen and oxygen atoms in total. The third-order valence-electron chi connectivity index (χ3n) is 5.98. The maximum Gasteiger partial charge on any atom is 0.243 e. The minimum absolute atomic E-state index is 0.0359. The summed E-state index contributed by atoms with van der Waals surface area (Å²) < 4.78 is 48.6. The van der Waals surface area contributed by atoms with Gasteiger partial charge in [-0.25, -0.2) is 18.4 Å². The summed E-state index contributed by atoms with van der Waals surface area (Å²) in [6.07, 6.45) is 0.602. The maximum atomic E-state index is 13.8. The maximum absolute atomic E-state index is 13.8. The molecule has 0 saturated carbocycles. The molecule has 1 fully saturated rings. The van der Waals surface area contributed by atoms with Crippen LogP contribution in [-0.2, 0) is 19.6 Å². The van der Waals surface area contributed by atoms with Crippen molar-refractivity contribution >= 4 is 46.0 Å². The normalized spacial score (nSPS) is 17.9. The molecule has 0 aliphatic carbocycles. The molecule has 3 atom stereocenters. The molecular formula is C25H34ClN7O6S. The Morgan fingerprint density at radius 1 is 1.25 bits per heavy atom. The number of ether oxygens (including phenoxy) is 3. The Morgan fingerprint density at radius 3 is 2.40 bits per heavy atom. The van der Waals surface area contributed by atoms with Crippen LogP contribution in [0.15, 0.2) is 39.4 Å². The molecule has 1 aromatic carbocycles. The van der Waals surface area contributed by atoms with Gasteiger partial charge in [-0.3, -0.25) is 14.1 Å². The number of amidine groups is 1. The second-order valence-corrected chi connectivity index (χ2v) is 11.8. The molecule has 1 aliphatic heterocycles. The highest BCUT2D eigenvalue weighted by Gasteiger charge is 2.37. The molecular weight excluding hydrogens is 562 g/mol. The number of aliphatic imine (C=N–C) groups is 2. The van der Waals surface area contributed by atoms with Gasteiger partial charge in [0.2, 0.25) is 21.9 Å². The number of amides is 1. The van der Waals surface area contributed by atoms with Crippen molar-refractivity contribution in [3.05, 3.63) is 35.3 Å². The van der Waals surface area contributed by atoms with Crippen LogP contribution in [0.1, 0.15) is 52.4 Å². The van der Waals surface area contributed by atoms with Crippen LogP contribution < -0.4 is 19.5 Å². The van der Waals surface area contributed by atoms with E-state index in [0.29, 0.717) is 40.9 Å². The number of methoxy groups -OCH3 is 2. The van der Waals surface area contributed by atoms with E-state index in [9.17, 15) is 13.2 Å². The van der Waals surface area contributed by atoms with E-state index < -0.39 is 27.4 Å². The van der Waals surface area contributed by atoms with Gasteiger partial charge in [-0.1, -0.05) is 17.7 Å². The summed E-state index contributed by atoms with van der Waals surface area (Å²) in [5.41, 5.74) is 0.353. The van der Waals surface area contributed by atoms with Crippen LogP contribution in [0.2, 0.25) is 0 Å². The number of anilines is 1. The average molecular weight is 596 g/mol. The van der Waals surface area contributed by atoms with E-state index in [1.54, 1.807) is 39.0 Å². The fourth-order valence-corrected chi connectivity index (χ4v) is 5.22. The van der Waals surface area contributed by atoms with Crippen molar-refractivity contribution in [3.63, 3.8) is 0 Å². The molecule has 218 valence electrons. The second kappa shape index (κ2) is 13.2. The van der Waals surface area contributed by atoms with Gasteiger partial charge in [-0.05, 0) is 53.0 Å². The van der Waals surface area contributed by atoms with Crippen molar-refractivity contribution in [3.8, 4) is 17.2 Å². The number of rotatable bonds is 12. The molecule has 1 saturated heterocycles. The van der Waals surface area contributed by atoms with Crippen LogP contribution >= 0.6 is 11.6 Å². The second-order valence-electron chi connectivity index (χ2n) is 9.21. The summed E-state index contributed by atoms with van der Waals surface area (Å²) in [7, 11) is -1.29. The van der Waals surface area contributed by atoms with Crippen LogP contribution in [0.5, 0.6) is 11.5 Å². The van der Waals surface area contributed by atoms with Crippen LogP contribution in [0, 0.1) is 0 Å². The van der Waals surface area contributed by atoms with Crippen molar-refractivity contribution in [2.24, 2.45) is 9.98 Å². The highest BCUT2D eigenvalue weighted by molar-refractivity contribution is 7.93. The van der Waals surface area contributed by atoms with Gasteiger partial charge >= 0.3 is 0 Å². The number of hydrogen-bond acceptors (Lipinski definition) is 9. The average Bonchev–Trinajstić information content (AvgIpc) is 3.52. The van der Waals surface area contributed by atoms with E-state index in [2.05, 4.69) is 36.9 Å². The van der Waals surface area contributed by atoms with Crippen LogP contribution in [0.25, 0.3) is 5.69 Å². The zero-order valence-corrected chi connectivity index (χ0v) is 24.8. The minimum Gasteiger partial charge on any atom is -0.494 e. The van der Waals surface area contributed by atoms with Crippen molar-refractivity contribution in [2.45, 2.75) is 64.0 Å². The summed E-state index contributed by atoms with van der Waals surface area (Å²) in [5.74, 6) is 0.776. The lowest BCUT2D eigenvalue weighted by atomic mass is 10.2. The highest BCUT2D eigenvalue weighted by atomic mass is 35.5. The van der Waals surface area contributed by atoms with Gasteiger partial charge in [0.1, 0.15) is 28.5 Å². The zero-order chi connectivity index (χ0) is 29.6. The van der Waals surface area contributed by atoms with E-state index in [1.165, 1.54) is 31.9 Å². The minimum atomic E-state index is -4.23. The number of hydrogen-bond donors (Lipinski definition) is 2. The lowest BCUT2D eigenvalue weighted by molar-refractivity contribution is -0.119. The van der Waals surface area contributed by atoms with Crippen molar-refractivity contribution in [2.75, 3.05) is 18.9 Å². The van der Waals surface area contributed by atoms with Crippen molar-refractivity contribution < 1.29 is 27.4 Å². The summed E-state index contributed by atoms with van der Waals surface area (Å²) in [5, 5.41) is 10.4. The molecule has 40 heavy (non-hydrogen) atoms. The first kappa shape index (κ1) is 31.0. The number of nitrogens with one attached hydrogen (secondary N) is 2. The first-order chi connectivity index (χ1) is 18.9. The number of carbonyl (C=O) groups is 1. The fraction of sp³-hybridized carbons (Fsp3) is 0.480. The van der Waals surface area contributed by atoms with Crippen LogP contribution in [0.3, 0.4) is 0 Å². The van der Waals surface area contributed by atoms with E-state index in [-0.39, 0.29) is 23.8 Å². The smallest absolute Gasteiger partial charge is 0.243 e. The lowest BCUT2D eigenvalue weighted by Crippen LogP contribution is -2.43. The Labute approximate surface area is 238 Å². The molecule has 0 unspecified atom stereocenters. The van der Waals surface area contributed by atoms with Gasteiger partial charge in [-0.2, -0.15) is 0 Å². The molecule has 15 heteroatoms. The Hall–Kier alpha value is -3.49. The summed E-state index contributed by atoms with van der Waals surface area (Å²) in [6, 6.07) is 4.58. The molecule has 0 spiro atoms. The highest BCUT2D eigenvalue weighted by Crippen LogP contribution is 2.38. The van der Waals surface area contributed by atoms with Crippen LogP contribution in [0.4, 0.5) is 5.95 Å². The summed E-state index contributed by atoms with van der Waals surface area (Å²) >= 11 is 5.91. The van der Waals surface area contributed by atoms with E-state index in [4.69, 9.17) is 25.8 Å². The molecule has 0 bridgehead atoms. The monoisotopic (exact) mass is 595 g/mol. The predicted octanol–water partition coefficient (Wildman–Crippen LogP) is 3.36. The summed E-state index contributed by atoms with van der Waals surface area (Å²) in [4.78, 5) is 20.1. The van der Waals surface area contributed by atoms with Gasteiger partial charge < -0.3 is 19.5 Å². The van der Waals surface area contributed by atoms with Gasteiger partial charge in [0.15, 0.2) is 11.7 Å².